The molecule has 2 N–H and O–H groups in total. The van der Waals surface area contributed by atoms with E-state index in [1.54, 1.807) is 0 Å². The Morgan fingerprint density at radius 2 is 2.38 bits per heavy atom. The Morgan fingerprint density at radius 1 is 1.50 bits per heavy atom. The quantitative estimate of drug-likeness (QED) is 0.662. The lowest BCUT2D eigenvalue weighted by Crippen LogP contribution is -2.24. The number of hydrogen-bond donors (Lipinski definition) is 2. The summed E-state index contributed by atoms with van der Waals surface area (Å²) in [7, 11) is 0. The molecule has 16 heavy (non-hydrogen) atoms. The summed E-state index contributed by atoms with van der Waals surface area (Å²) in [6.45, 7) is 5.92. The first-order chi connectivity index (χ1) is 7.85. The fourth-order valence-corrected chi connectivity index (χ4v) is 2.07. The van der Waals surface area contributed by atoms with Crippen LogP contribution in [0.3, 0.4) is 0 Å². The van der Waals surface area contributed by atoms with Crippen LogP contribution >= 0.6 is 0 Å². The normalized spacial score (nSPS) is 17.6. The van der Waals surface area contributed by atoms with E-state index in [1.807, 2.05) is 12.4 Å². The van der Waals surface area contributed by atoms with Crippen molar-refractivity contribution in [3.8, 4) is 0 Å². The first-order valence-corrected chi connectivity index (χ1v) is 6.25. The second-order valence-corrected chi connectivity index (χ2v) is 4.77. The summed E-state index contributed by atoms with van der Waals surface area (Å²) < 4.78 is 5.43. The van der Waals surface area contributed by atoms with Gasteiger partial charge in [0.2, 0.25) is 0 Å². The summed E-state index contributed by atoms with van der Waals surface area (Å²) in [5.41, 5.74) is 1.88. The topological polar surface area (TPSA) is 37.0 Å². The van der Waals surface area contributed by atoms with Crippen LogP contribution in [0.25, 0.3) is 0 Å². The van der Waals surface area contributed by atoms with Crippen LogP contribution in [0.5, 0.6) is 0 Å². The summed E-state index contributed by atoms with van der Waals surface area (Å²) in [5.74, 6) is 0. The fourth-order valence-electron chi connectivity index (χ4n) is 2.07. The molecule has 0 atom stereocenters. The zero-order valence-electron chi connectivity index (χ0n) is 10.1. The molecule has 1 saturated carbocycles. The smallest absolute Gasteiger partial charge is 0.0471 e. The van der Waals surface area contributed by atoms with E-state index in [-0.39, 0.29) is 0 Å². The molecule has 1 heterocycles. The molecule has 0 bridgehead atoms. The van der Waals surface area contributed by atoms with Crippen molar-refractivity contribution in [3.63, 3.8) is 0 Å². The summed E-state index contributed by atoms with van der Waals surface area (Å²) >= 11 is 0. The number of H-pyrrole nitrogens is 1. The zero-order valence-corrected chi connectivity index (χ0v) is 10.1. The van der Waals surface area contributed by atoms with Crippen molar-refractivity contribution in [2.75, 3.05) is 19.8 Å². The Morgan fingerprint density at radius 3 is 3.00 bits per heavy atom. The van der Waals surface area contributed by atoms with E-state index in [0.29, 0.717) is 5.41 Å². The molecule has 1 aromatic heterocycles. The van der Waals surface area contributed by atoms with Gasteiger partial charge in [0.25, 0.3) is 0 Å². The van der Waals surface area contributed by atoms with Crippen molar-refractivity contribution in [3.05, 3.63) is 24.0 Å². The minimum Gasteiger partial charge on any atom is -0.382 e. The molecule has 0 spiro atoms. The summed E-state index contributed by atoms with van der Waals surface area (Å²) in [4.78, 5) is 3.07. The Balaban J connectivity index is 1.62. The van der Waals surface area contributed by atoms with Crippen LogP contribution in [0.15, 0.2) is 18.5 Å². The Kier molecular flexibility index (Phi) is 4.02. The molecule has 90 valence electrons. The van der Waals surface area contributed by atoms with Gasteiger partial charge in [-0.25, -0.2) is 0 Å². The number of ether oxygens (including phenoxy) is 1. The SMILES string of the molecule is CCOCCC1(CNCc2cc[nH]c2)CC1. The van der Waals surface area contributed by atoms with Gasteiger partial charge < -0.3 is 15.0 Å². The predicted octanol–water partition coefficient (Wildman–Crippen LogP) is 2.31. The third kappa shape index (κ3) is 3.35. The number of nitrogens with one attached hydrogen (secondary N) is 2. The fraction of sp³-hybridized carbons (Fsp3) is 0.692. The van der Waals surface area contributed by atoms with Gasteiger partial charge in [-0.15, -0.1) is 0 Å². The van der Waals surface area contributed by atoms with Crippen molar-refractivity contribution in [2.45, 2.75) is 32.7 Å². The Hall–Kier alpha value is -0.800. The lowest BCUT2D eigenvalue weighted by atomic mass is 10.0. The molecule has 1 aliphatic rings. The molecule has 2 rings (SSSR count). The maximum Gasteiger partial charge on any atom is 0.0471 e. The van der Waals surface area contributed by atoms with Crippen molar-refractivity contribution in [1.29, 1.82) is 0 Å². The molecular weight excluding hydrogens is 200 g/mol. The van der Waals surface area contributed by atoms with Gasteiger partial charge in [0.05, 0.1) is 0 Å². The molecule has 3 heteroatoms. The predicted molar refractivity (Wildman–Crippen MR) is 65.3 cm³/mol. The lowest BCUT2D eigenvalue weighted by Gasteiger charge is -2.15. The highest BCUT2D eigenvalue weighted by Crippen LogP contribution is 2.48. The van der Waals surface area contributed by atoms with E-state index in [4.69, 9.17) is 4.74 Å². The summed E-state index contributed by atoms with van der Waals surface area (Å²) in [6.07, 6.45) is 7.95. The molecule has 1 aromatic rings. The van der Waals surface area contributed by atoms with Crippen LogP contribution in [0.1, 0.15) is 31.7 Å². The number of aromatic amines is 1. The van der Waals surface area contributed by atoms with Gasteiger partial charge in [0.15, 0.2) is 0 Å². The Labute approximate surface area is 97.6 Å². The minimum atomic E-state index is 0.547. The van der Waals surface area contributed by atoms with E-state index in [0.717, 1.165) is 26.3 Å². The largest absolute Gasteiger partial charge is 0.382 e. The first-order valence-electron chi connectivity index (χ1n) is 6.25. The molecule has 0 radical (unpaired) electrons. The highest BCUT2D eigenvalue weighted by Gasteiger charge is 2.41. The van der Waals surface area contributed by atoms with Gasteiger partial charge >= 0.3 is 0 Å². The third-order valence-corrected chi connectivity index (χ3v) is 3.43. The van der Waals surface area contributed by atoms with Crippen LogP contribution < -0.4 is 5.32 Å². The van der Waals surface area contributed by atoms with Crippen LogP contribution in [0.2, 0.25) is 0 Å². The van der Waals surface area contributed by atoms with Crippen LogP contribution in [-0.4, -0.2) is 24.7 Å². The summed E-state index contributed by atoms with van der Waals surface area (Å²) in [5, 5.41) is 3.54. The average molecular weight is 222 g/mol. The molecule has 3 nitrogen and oxygen atoms in total. The van der Waals surface area contributed by atoms with E-state index >= 15 is 0 Å². The van der Waals surface area contributed by atoms with Crippen LogP contribution in [0.4, 0.5) is 0 Å². The maximum atomic E-state index is 5.43. The van der Waals surface area contributed by atoms with Gasteiger partial charge in [0, 0.05) is 38.7 Å². The molecule has 0 amide bonds. The van der Waals surface area contributed by atoms with Crippen molar-refractivity contribution in [1.82, 2.24) is 10.3 Å². The second-order valence-electron chi connectivity index (χ2n) is 4.77. The van der Waals surface area contributed by atoms with Gasteiger partial charge in [-0.05, 0) is 43.2 Å². The van der Waals surface area contributed by atoms with E-state index in [1.165, 1.54) is 24.8 Å². The zero-order chi connectivity index (χ0) is 11.3. The van der Waals surface area contributed by atoms with Crippen molar-refractivity contribution in [2.24, 2.45) is 5.41 Å². The van der Waals surface area contributed by atoms with E-state index in [2.05, 4.69) is 23.3 Å². The number of rotatable bonds is 8. The maximum absolute atomic E-state index is 5.43. The lowest BCUT2D eigenvalue weighted by molar-refractivity contribution is 0.128. The van der Waals surface area contributed by atoms with Gasteiger partial charge in [0.1, 0.15) is 0 Å². The van der Waals surface area contributed by atoms with E-state index in [9.17, 15) is 0 Å². The minimum absolute atomic E-state index is 0.547. The standard InChI is InChI=1S/C13H22N2O/c1-2-16-8-6-13(4-5-13)11-15-10-12-3-7-14-9-12/h3,7,9,14-15H,2,4-6,8,10-11H2,1H3. The monoisotopic (exact) mass is 222 g/mol. The molecule has 0 aromatic carbocycles. The third-order valence-electron chi connectivity index (χ3n) is 3.43. The average Bonchev–Trinajstić information content (AvgIpc) is 2.86. The number of aromatic nitrogens is 1. The summed E-state index contributed by atoms with van der Waals surface area (Å²) in [6, 6.07) is 2.12. The molecule has 0 unspecified atom stereocenters. The number of hydrogen-bond acceptors (Lipinski definition) is 2. The highest BCUT2D eigenvalue weighted by atomic mass is 16.5. The molecule has 1 fully saturated rings. The van der Waals surface area contributed by atoms with Gasteiger partial charge in [-0.2, -0.15) is 0 Å². The van der Waals surface area contributed by atoms with Crippen LogP contribution in [-0.2, 0) is 11.3 Å². The molecule has 0 aliphatic heterocycles. The first kappa shape index (κ1) is 11.7. The molecule has 0 saturated heterocycles. The molecule has 1 aliphatic carbocycles. The second kappa shape index (κ2) is 5.51. The van der Waals surface area contributed by atoms with Crippen molar-refractivity contribution < 1.29 is 4.74 Å². The molecular formula is C13H22N2O. The van der Waals surface area contributed by atoms with Crippen molar-refractivity contribution >= 4 is 0 Å². The van der Waals surface area contributed by atoms with Gasteiger partial charge in [-0.1, -0.05) is 0 Å². The van der Waals surface area contributed by atoms with Gasteiger partial charge in [-0.3, -0.25) is 0 Å². The van der Waals surface area contributed by atoms with Crippen LogP contribution in [0, 0.1) is 5.41 Å². The van der Waals surface area contributed by atoms with E-state index < -0.39 is 0 Å². The highest BCUT2D eigenvalue weighted by molar-refractivity contribution is 5.08. The Bertz CT molecular complexity index is 291.